The van der Waals surface area contributed by atoms with E-state index in [1.54, 1.807) is 23.0 Å². The summed E-state index contributed by atoms with van der Waals surface area (Å²) in [7, 11) is -1.06. The Kier molecular flexibility index (Phi) is 6.92. The normalized spacial score (nSPS) is 11.3. The number of hydrogen-bond acceptors (Lipinski definition) is 4. The van der Waals surface area contributed by atoms with Crippen LogP contribution in [0.2, 0.25) is 25.7 Å². The van der Waals surface area contributed by atoms with E-state index in [-0.39, 0.29) is 5.48 Å². The predicted octanol–water partition coefficient (Wildman–Crippen LogP) is 1.31. The number of rotatable bonds is 7. The van der Waals surface area contributed by atoms with Gasteiger partial charge in [0, 0.05) is 32.5 Å². The van der Waals surface area contributed by atoms with Crippen molar-refractivity contribution >= 4 is 19.4 Å². The van der Waals surface area contributed by atoms with Crippen molar-refractivity contribution in [2.45, 2.75) is 32.4 Å². The zero-order chi connectivity index (χ0) is 16.2. The van der Waals surface area contributed by atoms with Crippen molar-refractivity contribution in [2.24, 2.45) is 0 Å². The molecule has 0 spiro atoms. The van der Waals surface area contributed by atoms with Gasteiger partial charge in [-0.3, -0.25) is 0 Å². The number of ether oxygens (including phenoxy) is 1. The van der Waals surface area contributed by atoms with Gasteiger partial charge in [-0.15, -0.1) is 0 Å². The van der Waals surface area contributed by atoms with Gasteiger partial charge in [-0.05, 0) is 17.7 Å². The van der Waals surface area contributed by atoms with E-state index in [4.69, 9.17) is 10.5 Å². The number of anilines is 1. The largest absolute Gasteiger partial charge is 0.630 e. The van der Waals surface area contributed by atoms with E-state index in [1.165, 1.54) is 0 Å². The number of benzene rings is 1. The van der Waals surface area contributed by atoms with E-state index < -0.39 is 8.07 Å². The van der Waals surface area contributed by atoms with E-state index in [2.05, 4.69) is 24.7 Å². The molecule has 8 heteroatoms. The minimum Gasteiger partial charge on any atom is -0.630 e. The Morgan fingerprint density at radius 3 is 2.70 bits per heavy atom. The first-order valence-corrected chi connectivity index (χ1v) is 11.0. The quantitative estimate of drug-likeness (QED) is 0.342. The highest BCUT2D eigenvalue weighted by atomic mass is 28.3. The highest BCUT2D eigenvalue weighted by Crippen LogP contribution is 2.24. The number of nitrogens with two attached hydrogens (primary N) is 2. The molecule has 0 aliphatic heterocycles. The standard InChI is InChI=1S/C15H24N4O2Si.H2O/c1-22(2,3)7-6-21-11-19-10-13(9-17-19)12-4-5-14(16)15(8-12)18-20;/h4-5,8-10H,6-7,11,16,18H2,1-3H3;1H2. The fourth-order valence-electron chi connectivity index (χ4n) is 1.98. The van der Waals surface area contributed by atoms with Gasteiger partial charge in [-0.2, -0.15) is 5.10 Å². The molecule has 0 atom stereocenters. The van der Waals surface area contributed by atoms with Crippen LogP contribution in [0, 0.1) is 5.21 Å². The van der Waals surface area contributed by atoms with Crippen LogP contribution in [0.1, 0.15) is 0 Å². The number of aromatic nitrogens is 2. The number of nitrogens with zero attached hydrogens (tertiary/aromatic N) is 2. The van der Waals surface area contributed by atoms with Gasteiger partial charge in [0.15, 0.2) is 5.69 Å². The Labute approximate surface area is 137 Å². The molecule has 23 heavy (non-hydrogen) atoms. The second-order valence-corrected chi connectivity index (χ2v) is 12.2. The van der Waals surface area contributed by atoms with Crippen molar-refractivity contribution in [3.63, 3.8) is 0 Å². The molecule has 0 unspecified atom stereocenters. The van der Waals surface area contributed by atoms with Gasteiger partial charge in [0.2, 0.25) is 0 Å². The van der Waals surface area contributed by atoms with Crippen molar-refractivity contribution in [3.05, 3.63) is 35.8 Å². The Hall–Kier alpha value is -1.71. The summed E-state index contributed by atoms with van der Waals surface area (Å²) in [6, 6.07) is 6.54. The van der Waals surface area contributed by atoms with Gasteiger partial charge >= 0.3 is 0 Å². The summed E-state index contributed by atoms with van der Waals surface area (Å²) in [6.45, 7) is 8.19. The molecule has 1 aromatic heterocycles. The molecule has 0 radical (unpaired) electrons. The summed E-state index contributed by atoms with van der Waals surface area (Å²) in [4.78, 5) is 0. The van der Waals surface area contributed by atoms with Crippen LogP contribution >= 0.6 is 0 Å². The first kappa shape index (κ1) is 19.3. The molecule has 0 amide bonds. The van der Waals surface area contributed by atoms with E-state index >= 15 is 0 Å². The van der Waals surface area contributed by atoms with Crippen LogP contribution in [0.15, 0.2) is 30.6 Å². The maximum Gasteiger partial charge on any atom is 0.153 e. The Bertz CT molecular complexity index is 625. The number of nitrogen functional groups attached to an aromatic ring is 1. The second kappa shape index (κ2) is 8.23. The van der Waals surface area contributed by atoms with Gasteiger partial charge in [0.25, 0.3) is 0 Å². The average molecular weight is 338 g/mol. The molecule has 1 heterocycles. The first-order valence-electron chi connectivity index (χ1n) is 7.34. The lowest BCUT2D eigenvalue weighted by Crippen LogP contribution is -2.70. The first-order chi connectivity index (χ1) is 10.4. The molecular weight excluding hydrogens is 312 g/mol. The monoisotopic (exact) mass is 338 g/mol. The number of quaternary nitrogens is 1. The van der Waals surface area contributed by atoms with Crippen LogP contribution in [0.4, 0.5) is 11.4 Å². The summed E-state index contributed by atoms with van der Waals surface area (Å²) >= 11 is 0. The van der Waals surface area contributed by atoms with E-state index in [0.717, 1.165) is 29.3 Å². The van der Waals surface area contributed by atoms with Crippen LogP contribution in [0.25, 0.3) is 11.1 Å². The minimum atomic E-state index is -1.06. The molecule has 1 aromatic carbocycles. The van der Waals surface area contributed by atoms with Crippen LogP contribution in [0.3, 0.4) is 0 Å². The van der Waals surface area contributed by atoms with Gasteiger partial charge < -0.3 is 26.6 Å². The lowest BCUT2D eigenvalue weighted by atomic mass is 10.1. The van der Waals surface area contributed by atoms with Crippen molar-refractivity contribution in [3.8, 4) is 11.1 Å². The molecule has 6 N–H and O–H groups in total. The van der Waals surface area contributed by atoms with Crippen molar-refractivity contribution in [2.75, 3.05) is 12.3 Å². The fourth-order valence-corrected chi connectivity index (χ4v) is 2.73. The van der Waals surface area contributed by atoms with Crippen molar-refractivity contribution in [1.82, 2.24) is 9.78 Å². The van der Waals surface area contributed by atoms with E-state index in [0.29, 0.717) is 18.1 Å². The molecule has 0 aliphatic rings. The van der Waals surface area contributed by atoms with Crippen LogP contribution in [-0.4, -0.2) is 29.9 Å². The zero-order valence-electron chi connectivity index (χ0n) is 13.9. The second-order valence-electron chi connectivity index (χ2n) is 6.58. The third-order valence-electron chi connectivity index (χ3n) is 3.40. The fraction of sp³-hybridized carbons (Fsp3) is 0.400. The summed E-state index contributed by atoms with van der Waals surface area (Å²) in [5, 5.41) is 15.2. The zero-order valence-corrected chi connectivity index (χ0v) is 14.9. The molecule has 7 nitrogen and oxygen atoms in total. The highest BCUT2D eigenvalue weighted by Gasteiger charge is 2.12. The van der Waals surface area contributed by atoms with Crippen molar-refractivity contribution in [1.29, 1.82) is 0 Å². The summed E-state index contributed by atoms with van der Waals surface area (Å²) in [5.74, 6) is 0. The van der Waals surface area contributed by atoms with Crippen LogP contribution in [-0.2, 0) is 11.5 Å². The van der Waals surface area contributed by atoms with Gasteiger partial charge in [0.1, 0.15) is 6.73 Å². The lowest BCUT2D eigenvalue weighted by Gasteiger charge is -2.15. The molecular formula is C15H26N4O3Si. The molecule has 0 saturated carbocycles. The predicted molar refractivity (Wildman–Crippen MR) is 94.7 cm³/mol. The molecule has 0 aliphatic carbocycles. The Balaban J connectivity index is 0.00000264. The van der Waals surface area contributed by atoms with E-state index in [9.17, 15) is 5.21 Å². The molecule has 128 valence electrons. The average Bonchev–Trinajstić information content (AvgIpc) is 2.92. The summed E-state index contributed by atoms with van der Waals surface area (Å²) < 4.78 is 7.43. The molecule has 0 bridgehead atoms. The Morgan fingerprint density at radius 1 is 1.30 bits per heavy atom. The van der Waals surface area contributed by atoms with Gasteiger partial charge in [-0.1, -0.05) is 25.7 Å². The van der Waals surface area contributed by atoms with Crippen molar-refractivity contribution < 1.29 is 15.7 Å². The topological polar surface area (TPSA) is 124 Å². The molecule has 0 fully saturated rings. The molecule has 0 saturated heterocycles. The highest BCUT2D eigenvalue weighted by molar-refractivity contribution is 6.76. The van der Waals surface area contributed by atoms with Gasteiger partial charge in [-0.25, -0.2) is 4.68 Å². The van der Waals surface area contributed by atoms with Gasteiger partial charge in [0.05, 0.1) is 11.9 Å². The lowest BCUT2D eigenvalue weighted by molar-refractivity contribution is -0.496. The smallest absolute Gasteiger partial charge is 0.153 e. The molecule has 2 aromatic rings. The Morgan fingerprint density at radius 2 is 2.04 bits per heavy atom. The third-order valence-corrected chi connectivity index (χ3v) is 5.10. The SMILES string of the molecule is C[Si](C)(C)CCOCn1cc(-c2ccc(N)c([NH2+][O-])c2)cn1.O. The van der Waals surface area contributed by atoms with Crippen LogP contribution in [0.5, 0.6) is 0 Å². The third kappa shape index (κ3) is 5.77. The van der Waals surface area contributed by atoms with E-state index in [1.807, 2.05) is 12.3 Å². The summed E-state index contributed by atoms with van der Waals surface area (Å²) in [5.41, 5.74) is 9.34. The maximum atomic E-state index is 11.0. The van der Waals surface area contributed by atoms with Crippen LogP contribution < -0.4 is 11.2 Å². The number of hydrogen-bond donors (Lipinski definition) is 2. The maximum absolute atomic E-state index is 11.0. The minimum absolute atomic E-state index is 0. The molecule has 2 rings (SSSR count). The summed E-state index contributed by atoms with van der Waals surface area (Å²) in [6.07, 6.45) is 3.68.